The molecule has 4 fully saturated rings. The van der Waals surface area contributed by atoms with Gasteiger partial charge in [0, 0.05) is 49.4 Å². The molecule has 7 rings (SSSR count). The van der Waals surface area contributed by atoms with Crippen molar-refractivity contribution in [3.63, 3.8) is 0 Å². The van der Waals surface area contributed by atoms with E-state index in [0.717, 1.165) is 60.7 Å². The lowest BCUT2D eigenvalue weighted by molar-refractivity contribution is -0.347. The van der Waals surface area contributed by atoms with E-state index in [-0.39, 0.29) is 19.3 Å². The standard InChI is InChI=1S/C25H27F4N7O/c1-34-6-8-35(9-7-34)21-5-2-17(11-30-21)22-12-23(13-22,14-22)25(28,29)24(37,15-36-16-31-32-33-36)19-4-3-18(26)10-20(19)27/h2-5,10-11,16,37H,6-9,12-15H2,1H3. The van der Waals surface area contributed by atoms with Crippen molar-refractivity contribution < 1.29 is 22.7 Å². The first-order valence-electron chi connectivity index (χ1n) is 12.2. The van der Waals surface area contributed by atoms with Crippen molar-refractivity contribution >= 4 is 5.82 Å². The highest BCUT2D eigenvalue weighted by molar-refractivity contribution is 5.46. The van der Waals surface area contributed by atoms with E-state index >= 15 is 8.78 Å². The van der Waals surface area contributed by atoms with Gasteiger partial charge in [-0.25, -0.2) is 27.2 Å². The van der Waals surface area contributed by atoms with E-state index in [0.29, 0.717) is 6.07 Å². The molecule has 8 nitrogen and oxygen atoms in total. The number of halogens is 4. The number of rotatable bonds is 7. The highest BCUT2D eigenvalue weighted by Crippen LogP contribution is 2.80. The summed E-state index contributed by atoms with van der Waals surface area (Å²) in [5.41, 5.74) is -4.77. The quantitative estimate of drug-likeness (QED) is 0.483. The zero-order chi connectivity index (χ0) is 26.1. The average Bonchev–Trinajstić information content (AvgIpc) is 3.31. The van der Waals surface area contributed by atoms with Crippen LogP contribution in [0, 0.1) is 17.0 Å². The van der Waals surface area contributed by atoms with Gasteiger partial charge in [0.05, 0.1) is 6.54 Å². The van der Waals surface area contributed by atoms with Crippen LogP contribution >= 0.6 is 0 Å². The molecular formula is C25H27F4N7O. The van der Waals surface area contributed by atoms with E-state index in [2.05, 4.69) is 37.4 Å². The number of tetrazole rings is 1. The van der Waals surface area contributed by atoms with Gasteiger partial charge < -0.3 is 14.9 Å². The van der Waals surface area contributed by atoms with Crippen LogP contribution in [-0.2, 0) is 17.6 Å². The first-order chi connectivity index (χ1) is 17.6. The van der Waals surface area contributed by atoms with E-state index < -0.39 is 46.1 Å². The van der Waals surface area contributed by atoms with Crippen LogP contribution in [0.4, 0.5) is 23.4 Å². The molecule has 4 aliphatic rings. The van der Waals surface area contributed by atoms with Gasteiger partial charge in [-0.15, -0.1) is 5.10 Å². The summed E-state index contributed by atoms with van der Waals surface area (Å²) in [7, 11) is 2.08. The lowest BCUT2D eigenvalue weighted by atomic mass is 9.30. The van der Waals surface area contributed by atoms with Gasteiger partial charge >= 0.3 is 0 Å². The van der Waals surface area contributed by atoms with Crippen molar-refractivity contribution in [1.82, 2.24) is 30.1 Å². The Bertz CT molecular complexity index is 1280. The van der Waals surface area contributed by atoms with Crippen molar-refractivity contribution in [2.45, 2.75) is 42.7 Å². The van der Waals surface area contributed by atoms with E-state index in [9.17, 15) is 13.9 Å². The third-order valence-corrected chi connectivity index (χ3v) is 8.56. The molecule has 0 radical (unpaired) electrons. The first kappa shape index (κ1) is 24.2. The molecule has 3 heterocycles. The van der Waals surface area contributed by atoms with E-state index in [1.54, 1.807) is 6.20 Å². The monoisotopic (exact) mass is 517 g/mol. The summed E-state index contributed by atoms with van der Waals surface area (Å²) in [6.07, 6.45) is 3.22. The topological polar surface area (TPSA) is 83.2 Å². The number of aliphatic hydroxyl groups is 1. The van der Waals surface area contributed by atoms with Gasteiger partial charge in [0.25, 0.3) is 5.92 Å². The molecule has 37 heavy (non-hydrogen) atoms. The van der Waals surface area contributed by atoms with E-state index in [4.69, 9.17) is 0 Å². The molecule has 3 aromatic rings. The zero-order valence-electron chi connectivity index (χ0n) is 20.3. The third kappa shape index (κ3) is 3.56. The number of pyridine rings is 1. The normalized spacial score (nSPS) is 27.4. The molecule has 0 spiro atoms. The largest absolute Gasteiger partial charge is 0.377 e. The Kier molecular flexibility index (Phi) is 5.36. The highest BCUT2D eigenvalue weighted by atomic mass is 19.3. The Morgan fingerprint density at radius 2 is 1.76 bits per heavy atom. The Balaban J connectivity index is 1.25. The number of hydrogen-bond donors (Lipinski definition) is 1. The van der Waals surface area contributed by atoms with Crippen LogP contribution in [0.25, 0.3) is 0 Å². The fourth-order valence-electron chi connectivity index (χ4n) is 6.45. The fourth-order valence-corrected chi connectivity index (χ4v) is 6.45. The number of hydrogen-bond acceptors (Lipinski definition) is 7. The fraction of sp³-hybridized carbons (Fsp3) is 0.520. The average molecular weight is 518 g/mol. The number of nitrogens with zero attached hydrogens (tertiary/aromatic N) is 7. The molecule has 12 heteroatoms. The molecule has 0 amide bonds. The second-order valence-electron chi connectivity index (χ2n) is 10.9. The Morgan fingerprint density at radius 1 is 1.03 bits per heavy atom. The molecule has 1 aromatic carbocycles. The molecule has 3 aliphatic carbocycles. The Morgan fingerprint density at radius 3 is 2.35 bits per heavy atom. The SMILES string of the molecule is CN1CCN(c2ccc(C34CC(C(F)(F)C(O)(Cn5cnnn5)c5ccc(F)cc5F)(C3)C4)cn2)CC1. The van der Waals surface area contributed by atoms with Crippen molar-refractivity contribution in [2.24, 2.45) is 5.41 Å². The molecule has 3 saturated carbocycles. The number of alkyl halides is 2. The van der Waals surface area contributed by atoms with Crippen LogP contribution in [0.15, 0.2) is 42.9 Å². The van der Waals surface area contributed by atoms with Crippen LogP contribution in [0.5, 0.6) is 0 Å². The second-order valence-corrected chi connectivity index (χ2v) is 10.9. The molecule has 2 bridgehead atoms. The highest BCUT2D eigenvalue weighted by Gasteiger charge is 2.82. The molecule has 1 unspecified atom stereocenters. The summed E-state index contributed by atoms with van der Waals surface area (Å²) in [5.74, 6) is -5.06. The third-order valence-electron chi connectivity index (χ3n) is 8.56. The van der Waals surface area contributed by atoms with Gasteiger partial charge in [-0.3, -0.25) is 0 Å². The maximum atomic E-state index is 16.3. The van der Waals surface area contributed by atoms with Gasteiger partial charge in [-0.2, -0.15) is 0 Å². The number of likely N-dealkylation sites (N-methyl/N-ethyl adjacent to an activating group) is 1. The van der Waals surface area contributed by atoms with Gasteiger partial charge in [0.2, 0.25) is 0 Å². The van der Waals surface area contributed by atoms with Crippen LogP contribution < -0.4 is 4.90 Å². The first-order valence-corrected chi connectivity index (χ1v) is 12.2. The number of anilines is 1. The van der Waals surface area contributed by atoms with Crippen molar-refractivity contribution in [3.05, 3.63) is 65.6 Å². The van der Waals surface area contributed by atoms with E-state index in [1.807, 2.05) is 12.1 Å². The molecule has 1 aliphatic heterocycles. The summed E-state index contributed by atoms with van der Waals surface area (Å²) < 4.78 is 61.9. The predicted octanol–water partition coefficient (Wildman–Crippen LogP) is 2.74. The van der Waals surface area contributed by atoms with E-state index in [1.165, 1.54) is 0 Å². The number of piperazine rings is 1. The second kappa shape index (κ2) is 8.19. The van der Waals surface area contributed by atoms with Crippen LogP contribution in [0.3, 0.4) is 0 Å². The molecule has 196 valence electrons. The molecule has 2 aromatic heterocycles. The maximum Gasteiger partial charge on any atom is 0.287 e. The molecular weight excluding hydrogens is 490 g/mol. The minimum atomic E-state index is -3.75. The molecule has 1 N–H and O–H groups in total. The Labute approximate surface area is 210 Å². The summed E-state index contributed by atoms with van der Waals surface area (Å²) in [5, 5.41) is 21.9. The maximum absolute atomic E-state index is 16.3. The minimum absolute atomic E-state index is 0.128. The lowest BCUT2D eigenvalue weighted by Gasteiger charge is -2.74. The minimum Gasteiger partial charge on any atom is -0.377 e. The zero-order valence-corrected chi connectivity index (χ0v) is 20.3. The van der Waals surface area contributed by atoms with Crippen LogP contribution in [0.2, 0.25) is 0 Å². The number of benzene rings is 1. The molecule has 1 atom stereocenters. The predicted molar refractivity (Wildman–Crippen MR) is 125 cm³/mol. The summed E-state index contributed by atoms with van der Waals surface area (Å²) in [6, 6.07) is 6.11. The Hall–Kier alpha value is -3.12. The van der Waals surface area contributed by atoms with Gasteiger partial charge in [-0.05, 0) is 65.9 Å². The van der Waals surface area contributed by atoms with Gasteiger partial charge in [-0.1, -0.05) is 6.07 Å². The summed E-state index contributed by atoms with van der Waals surface area (Å²) >= 11 is 0. The summed E-state index contributed by atoms with van der Waals surface area (Å²) in [6.45, 7) is 2.87. The summed E-state index contributed by atoms with van der Waals surface area (Å²) in [4.78, 5) is 9.07. The van der Waals surface area contributed by atoms with Gasteiger partial charge in [0.15, 0.2) is 5.60 Å². The van der Waals surface area contributed by atoms with Gasteiger partial charge in [0.1, 0.15) is 23.8 Å². The molecule has 1 saturated heterocycles. The number of aromatic nitrogens is 5. The van der Waals surface area contributed by atoms with Crippen LogP contribution in [0.1, 0.15) is 30.4 Å². The smallest absolute Gasteiger partial charge is 0.287 e. The van der Waals surface area contributed by atoms with Crippen molar-refractivity contribution in [3.8, 4) is 0 Å². The van der Waals surface area contributed by atoms with Crippen LogP contribution in [-0.4, -0.2) is 74.3 Å². The van der Waals surface area contributed by atoms with Crippen molar-refractivity contribution in [2.75, 3.05) is 38.1 Å². The van der Waals surface area contributed by atoms with Crippen molar-refractivity contribution in [1.29, 1.82) is 0 Å². The lowest BCUT2D eigenvalue weighted by Crippen LogP contribution is -2.76.